The molecule has 15 heavy (non-hydrogen) atoms. The Balaban J connectivity index is 2.63. The molecule has 0 bridgehead atoms. The fourth-order valence-corrected chi connectivity index (χ4v) is 1.56. The Morgan fingerprint density at radius 2 is 2.27 bits per heavy atom. The van der Waals surface area contributed by atoms with Gasteiger partial charge in [-0.25, -0.2) is 0 Å². The number of anilines is 1. The first-order valence-corrected chi connectivity index (χ1v) is 5.66. The lowest BCUT2D eigenvalue weighted by Gasteiger charge is -2.07. The van der Waals surface area contributed by atoms with Crippen molar-refractivity contribution in [3.05, 3.63) is 27.7 Å². The number of hydrogen-bond donors (Lipinski definition) is 2. The van der Waals surface area contributed by atoms with Gasteiger partial charge in [-0.05, 0) is 40.5 Å². The van der Waals surface area contributed by atoms with Crippen molar-refractivity contribution in [2.24, 2.45) is 0 Å². The fourth-order valence-electron chi connectivity index (χ4n) is 1.05. The minimum absolute atomic E-state index is 0.0180. The van der Waals surface area contributed by atoms with Gasteiger partial charge in [0, 0.05) is 22.5 Å². The van der Waals surface area contributed by atoms with Crippen LogP contribution in [0.25, 0.3) is 0 Å². The smallest absolute Gasteiger partial charge is 0.224 e. The molecule has 1 rings (SSSR count). The lowest BCUT2D eigenvalue weighted by Crippen LogP contribution is -2.12. The third-order valence-corrected chi connectivity index (χ3v) is 2.69. The van der Waals surface area contributed by atoms with E-state index in [1.807, 2.05) is 0 Å². The Morgan fingerprint density at radius 3 is 2.93 bits per heavy atom. The maximum atomic E-state index is 11.3. The van der Waals surface area contributed by atoms with Crippen molar-refractivity contribution >= 4 is 39.1 Å². The van der Waals surface area contributed by atoms with E-state index in [4.69, 9.17) is 16.7 Å². The summed E-state index contributed by atoms with van der Waals surface area (Å²) in [5, 5.41) is 11.8. The highest BCUT2D eigenvalue weighted by atomic mass is 79.9. The first kappa shape index (κ1) is 12.5. The number of nitrogens with one attached hydrogen (secondary N) is 1. The highest BCUT2D eigenvalue weighted by Crippen LogP contribution is 2.25. The van der Waals surface area contributed by atoms with Gasteiger partial charge in [0.15, 0.2) is 0 Å². The second-order valence-electron chi connectivity index (χ2n) is 3.00. The average molecular weight is 293 g/mol. The topological polar surface area (TPSA) is 49.3 Å². The van der Waals surface area contributed by atoms with Crippen molar-refractivity contribution in [3.8, 4) is 0 Å². The molecule has 0 atom stereocenters. The van der Waals surface area contributed by atoms with E-state index in [1.165, 1.54) is 0 Å². The average Bonchev–Trinajstić information content (AvgIpc) is 2.20. The number of aliphatic hydroxyl groups is 1. The van der Waals surface area contributed by atoms with Gasteiger partial charge in [-0.1, -0.05) is 11.6 Å². The van der Waals surface area contributed by atoms with Gasteiger partial charge in [-0.2, -0.15) is 0 Å². The molecule has 0 radical (unpaired) electrons. The zero-order chi connectivity index (χ0) is 11.3. The minimum Gasteiger partial charge on any atom is -0.396 e. The molecule has 0 aliphatic heterocycles. The van der Waals surface area contributed by atoms with Crippen LogP contribution < -0.4 is 5.32 Å². The normalized spacial score (nSPS) is 10.1. The molecule has 0 aliphatic rings. The number of halogens is 2. The number of rotatable bonds is 4. The van der Waals surface area contributed by atoms with E-state index in [1.54, 1.807) is 18.2 Å². The predicted molar refractivity (Wildman–Crippen MR) is 64.1 cm³/mol. The number of amides is 1. The van der Waals surface area contributed by atoms with Crippen LogP contribution in [-0.4, -0.2) is 17.6 Å². The van der Waals surface area contributed by atoms with Crippen LogP contribution in [0.4, 0.5) is 5.69 Å². The summed E-state index contributed by atoms with van der Waals surface area (Å²) in [4.78, 5) is 11.3. The van der Waals surface area contributed by atoms with Gasteiger partial charge in [-0.3, -0.25) is 4.79 Å². The summed E-state index contributed by atoms with van der Waals surface area (Å²) < 4.78 is 0.782. The van der Waals surface area contributed by atoms with Gasteiger partial charge in [0.1, 0.15) is 0 Å². The van der Waals surface area contributed by atoms with E-state index in [2.05, 4.69) is 21.2 Å². The summed E-state index contributed by atoms with van der Waals surface area (Å²) in [5.41, 5.74) is 0.644. The summed E-state index contributed by atoms with van der Waals surface area (Å²) in [7, 11) is 0. The zero-order valence-corrected chi connectivity index (χ0v) is 10.3. The lowest BCUT2D eigenvalue weighted by atomic mass is 10.2. The second-order valence-corrected chi connectivity index (χ2v) is 4.29. The van der Waals surface area contributed by atoms with Gasteiger partial charge in [0.2, 0.25) is 5.91 Å². The SMILES string of the molecule is O=C(CCCO)Nc1cc(Cl)ccc1Br. The molecular formula is C10H11BrClNO2. The standard InChI is InChI=1S/C10H11BrClNO2/c11-8-4-3-7(12)6-9(8)13-10(15)2-1-5-14/h3-4,6,14H,1-2,5H2,(H,13,15). The number of benzene rings is 1. The Morgan fingerprint density at radius 1 is 1.53 bits per heavy atom. The van der Waals surface area contributed by atoms with Gasteiger partial charge in [-0.15, -0.1) is 0 Å². The van der Waals surface area contributed by atoms with E-state index in [-0.39, 0.29) is 12.5 Å². The molecule has 0 unspecified atom stereocenters. The Labute approximate surface area is 102 Å². The highest BCUT2D eigenvalue weighted by molar-refractivity contribution is 9.10. The Kier molecular flexibility index (Phi) is 5.08. The molecule has 0 aliphatic carbocycles. The molecule has 0 heterocycles. The molecule has 0 aromatic heterocycles. The summed E-state index contributed by atoms with van der Waals surface area (Å²) in [6.07, 6.45) is 0.763. The summed E-state index contributed by atoms with van der Waals surface area (Å²) >= 11 is 9.10. The first-order chi connectivity index (χ1) is 7.13. The van der Waals surface area contributed by atoms with Gasteiger partial charge in [0.25, 0.3) is 0 Å². The van der Waals surface area contributed by atoms with Crippen LogP contribution in [0.15, 0.2) is 22.7 Å². The molecule has 82 valence electrons. The molecule has 0 saturated carbocycles. The molecule has 0 fully saturated rings. The van der Waals surface area contributed by atoms with Crippen LogP contribution in [0.1, 0.15) is 12.8 Å². The summed E-state index contributed by atoms with van der Waals surface area (Å²) in [6.45, 7) is 0.0180. The molecule has 0 spiro atoms. The van der Waals surface area contributed by atoms with Crippen molar-refractivity contribution in [3.63, 3.8) is 0 Å². The maximum absolute atomic E-state index is 11.3. The fraction of sp³-hybridized carbons (Fsp3) is 0.300. The van der Waals surface area contributed by atoms with E-state index in [0.29, 0.717) is 23.6 Å². The Hall–Kier alpha value is -0.580. The monoisotopic (exact) mass is 291 g/mol. The van der Waals surface area contributed by atoms with Crippen molar-refractivity contribution in [2.75, 3.05) is 11.9 Å². The van der Waals surface area contributed by atoms with Crippen molar-refractivity contribution in [2.45, 2.75) is 12.8 Å². The summed E-state index contributed by atoms with van der Waals surface area (Å²) in [6, 6.07) is 5.17. The Bertz CT molecular complexity index is 357. The lowest BCUT2D eigenvalue weighted by molar-refractivity contribution is -0.116. The molecule has 1 amide bonds. The maximum Gasteiger partial charge on any atom is 0.224 e. The van der Waals surface area contributed by atoms with Crippen LogP contribution in [-0.2, 0) is 4.79 Å². The molecule has 1 aromatic carbocycles. The van der Waals surface area contributed by atoms with Gasteiger partial charge >= 0.3 is 0 Å². The molecule has 5 heteroatoms. The van der Waals surface area contributed by atoms with Crippen molar-refractivity contribution in [1.29, 1.82) is 0 Å². The minimum atomic E-state index is -0.132. The zero-order valence-electron chi connectivity index (χ0n) is 7.96. The predicted octanol–water partition coefficient (Wildman–Crippen LogP) is 2.81. The third kappa shape index (κ3) is 4.20. The van der Waals surface area contributed by atoms with Gasteiger partial charge in [0.05, 0.1) is 5.69 Å². The van der Waals surface area contributed by atoms with Crippen LogP contribution in [0.5, 0.6) is 0 Å². The molecule has 1 aromatic rings. The third-order valence-electron chi connectivity index (χ3n) is 1.76. The second kappa shape index (κ2) is 6.10. The summed E-state index contributed by atoms with van der Waals surface area (Å²) in [5.74, 6) is -0.132. The molecular weight excluding hydrogens is 281 g/mol. The van der Waals surface area contributed by atoms with E-state index in [0.717, 1.165) is 4.47 Å². The van der Waals surface area contributed by atoms with Crippen molar-refractivity contribution < 1.29 is 9.90 Å². The number of aliphatic hydroxyl groups excluding tert-OH is 1. The number of hydrogen-bond acceptors (Lipinski definition) is 2. The number of carbonyl (C=O) groups is 1. The highest BCUT2D eigenvalue weighted by Gasteiger charge is 2.05. The number of carbonyl (C=O) groups excluding carboxylic acids is 1. The van der Waals surface area contributed by atoms with E-state index >= 15 is 0 Å². The molecule has 0 saturated heterocycles. The van der Waals surface area contributed by atoms with Crippen LogP contribution in [0.3, 0.4) is 0 Å². The quantitative estimate of drug-likeness (QED) is 0.896. The largest absolute Gasteiger partial charge is 0.396 e. The van der Waals surface area contributed by atoms with Crippen LogP contribution in [0.2, 0.25) is 5.02 Å². The van der Waals surface area contributed by atoms with Crippen LogP contribution >= 0.6 is 27.5 Å². The first-order valence-electron chi connectivity index (χ1n) is 4.49. The molecule has 2 N–H and O–H groups in total. The van der Waals surface area contributed by atoms with Gasteiger partial charge < -0.3 is 10.4 Å². The van der Waals surface area contributed by atoms with Crippen molar-refractivity contribution in [1.82, 2.24) is 0 Å². The van der Waals surface area contributed by atoms with E-state index in [9.17, 15) is 4.79 Å². The molecule has 3 nitrogen and oxygen atoms in total. The van der Waals surface area contributed by atoms with Crippen LogP contribution in [0, 0.1) is 0 Å². The van der Waals surface area contributed by atoms with E-state index < -0.39 is 0 Å².